The first kappa shape index (κ1) is 11.2. The van der Waals surface area contributed by atoms with Crippen molar-refractivity contribution >= 4 is 0 Å². The molecule has 1 aliphatic carbocycles. The number of epoxide rings is 1. The molecule has 17 heavy (non-hydrogen) atoms. The van der Waals surface area contributed by atoms with E-state index in [1.807, 2.05) is 6.07 Å². The van der Waals surface area contributed by atoms with E-state index in [-0.39, 0.29) is 12.2 Å². The van der Waals surface area contributed by atoms with Crippen LogP contribution in [0.25, 0.3) is 0 Å². The third-order valence-electron chi connectivity index (χ3n) is 4.03. The number of rotatable bonds is 5. The first-order valence-electron chi connectivity index (χ1n) is 6.45. The van der Waals surface area contributed by atoms with Crippen LogP contribution in [0.4, 0.5) is 0 Å². The molecule has 0 amide bonds. The zero-order valence-corrected chi connectivity index (χ0v) is 10.6. The molecule has 2 nitrogen and oxygen atoms in total. The molecule has 1 saturated carbocycles. The van der Waals surface area contributed by atoms with E-state index in [0.29, 0.717) is 5.41 Å². The predicted molar refractivity (Wildman–Crippen MR) is 66.8 cm³/mol. The molecule has 1 aliphatic heterocycles. The second-order valence-electron chi connectivity index (χ2n) is 5.93. The zero-order chi connectivity index (χ0) is 11.9. The smallest absolute Gasteiger partial charge is 0.112 e. The van der Waals surface area contributed by atoms with E-state index in [4.69, 9.17) is 9.47 Å². The average molecular weight is 232 g/mol. The summed E-state index contributed by atoms with van der Waals surface area (Å²) >= 11 is 0. The molecule has 3 unspecified atom stereocenters. The van der Waals surface area contributed by atoms with Crippen molar-refractivity contribution in [3.63, 3.8) is 0 Å². The van der Waals surface area contributed by atoms with Crippen LogP contribution < -0.4 is 0 Å². The number of hydrogen-bond acceptors (Lipinski definition) is 2. The summed E-state index contributed by atoms with van der Waals surface area (Å²) in [5.41, 5.74) is 1.79. The highest BCUT2D eigenvalue weighted by atomic mass is 16.6. The highest BCUT2D eigenvalue weighted by Crippen LogP contribution is 2.51. The lowest BCUT2D eigenvalue weighted by Gasteiger charge is -2.03. The summed E-state index contributed by atoms with van der Waals surface area (Å²) < 4.78 is 11.4. The SMILES string of the molecule is CC1(C)CC1COCC1OC1c1ccccc1. The van der Waals surface area contributed by atoms with Crippen LogP contribution in [0, 0.1) is 11.3 Å². The highest BCUT2D eigenvalue weighted by molar-refractivity contribution is 5.22. The van der Waals surface area contributed by atoms with Gasteiger partial charge in [-0.3, -0.25) is 0 Å². The van der Waals surface area contributed by atoms with Gasteiger partial charge in [0.1, 0.15) is 12.2 Å². The fourth-order valence-corrected chi connectivity index (χ4v) is 2.39. The van der Waals surface area contributed by atoms with Gasteiger partial charge in [-0.15, -0.1) is 0 Å². The Morgan fingerprint density at radius 1 is 1.24 bits per heavy atom. The highest BCUT2D eigenvalue weighted by Gasteiger charge is 2.46. The minimum Gasteiger partial charge on any atom is -0.378 e. The Morgan fingerprint density at radius 3 is 2.59 bits per heavy atom. The Kier molecular flexibility index (Phi) is 2.72. The van der Waals surface area contributed by atoms with E-state index < -0.39 is 0 Å². The molecule has 3 rings (SSSR count). The third kappa shape index (κ3) is 2.53. The monoisotopic (exact) mass is 232 g/mol. The van der Waals surface area contributed by atoms with Crippen LogP contribution >= 0.6 is 0 Å². The minimum atomic E-state index is 0.267. The van der Waals surface area contributed by atoms with Crippen LogP contribution in [0.15, 0.2) is 30.3 Å². The molecule has 0 spiro atoms. The maximum atomic E-state index is 5.74. The standard InChI is InChI=1S/C15H20O2/c1-15(2)8-12(15)9-16-10-13-14(17-13)11-6-4-3-5-7-11/h3-7,12-14H,8-10H2,1-2H3. The molecule has 2 fully saturated rings. The van der Waals surface area contributed by atoms with Gasteiger partial charge in [0.2, 0.25) is 0 Å². The fraction of sp³-hybridized carbons (Fsp3) is 0.600. The largest absolute Gasteiger partial charge is 0.378 e. The van der Waals surface area contributed by atoms with Crippen molar-refractivity contribution in [2.45, 2.75) is 32.5 Å². The van der Waals surface area contributed by atoms with Gasteiger partial charge in [0.15, 0.2) is 0 Å². The van der Waals surface area contributed by atoms with Gasteiger partial charge in [-0.2, -0.15) is 0 Å². The Morgan fingerprint density at radius 2 is 1.94 bits per heavy atom. The number of ether oxygens (including phenoxy) is 2. The molecular weight excluding hydrogens is 212 g/mol. The molecule has 1 heterocycles. The molecule has 0 bridgehead atoms. The summed E-state index contributed by atoms with van der Waals surface area (Å²) in [6.07, 6.45) is 1.85. The van der Waals surface area contributed by atoms with Gasteiger partial charge >= 0.3 is 0 Å². The van der Waals surface area contributed by atoms with E-state index >= 15 is 0 Å². The van der Waals surface area contributed by atoms with Crippen LogP contribution in [-0.2, 0) is 9.47 Å². The maximum Gasteiger partial charge on any atom is 0.112 e. The Bertz CT molecular complexity index is 385. The van der Waals surface area contributed by atoms with Gasteiger partial charge in [0, 0.05) is 0 Å². The van der Waals surface area contributed by atoms with Crippen molar-refractivity contribution in [2.75, 3.05) is 13.2 Å². The quantitative estimate of drug-likeness (QED) is 0.727. The summed E-state index contributed by atoms with van der Waals surface area (Å²) in [4.78, 5) is 0. The summed E-state index contributed by atoms with van der Waals surface area (Å²) in [5.74, 6) is 0.761. The maximum absolute atomic E-state index is 5.74. The molecule has 0 aromatic heterocycles. The molecule has 3 atom stereocenters. The fourth-order valence-electron chi connectivity index (χ4n) is 2.39. The Hall–Kier alpha value is -0.860. The van der Waals surface area contributed by atoms with Crippen molar-refractivity contribution in [3.8, 4) is 0 Å². The van der Waals surface area contributed by atoms with Gasteiger partial charge < -0.3 is 9.47 Å². The van der Waals surface area contributed by atoms with Crippen LogP contribution in [0.5, 0.6) is 0 Å². The van der Waals surface area contributed by atoms with Crippen LogP contribution in [-0.4, -0.2) is 19.3 Å². The molecule has 0 N–H and O–H groups in total. The van der Waals surface area contributed by atoms with E-state index in [1.165, 1.54) is 12.0 Å². The van der Waals surface area contributed by atoms with Gasteiger partial charge in [-0.25, -0.2) is 0 Å². The number of benzene rings is 1. The molecule has 2 aliphatic rings. The molecule has 2 heteroatoms. The average Bonchev–Trinajstić information content (AvgIpc) is 3.19. The summed E-state index contributed by atoms with van der Waals surface area (Å²) in [6.45, 7) is 6.25. The van der Waals surface area contributed by atoms with Crippen molar-refractivity contribution < 1.29 is 9.47 Å². The third-order valence-corrected chi connectivity index (χ3v) is 4.03. The topological polar surface area (TPSA) is 21.8 Å². The molecule has 0 radical (unpaired) electrons. The molecule has 92 valence electrons. The van der Waals surface area contributed by atoms with E-state index in [2.05, 4.69) is 38.1 Å². The van der Waals surface area contributed by atoms with Crippen molar-refractivity contribution in [1.82, 2.24) is 0 Å². The van der Waals surface area contributed by atoms with Gasteiger partial charge in [0.05, 0.1) is 13.2 Å². The predicted octanol–water partition coefficient (Wildman–Crippen LogP) is 3.19. The summed E-state index contributed by atoms with van der Waals surface area (Å²) in [7, 11) is 0. The van der Waals surface area contributed by atoms with Gasteiger partial charge in [-0.1, -0.05) is 44.2 Å². The second-order valence-corrected chi connectivity index (χ2v) is 5.93. The van der Waals surface area contributed by atoms with Crippen LogP contribution in [0.1, 0.15) is 31.9 Å². The van der Waals surface area contributed by atoms with Crippen LogP contribution in [0.3, 0.4) is 0 Å². The molecule has 1 aromatic carbocycles. The van der Waals surface area contributed by atoms with Gasteiger partial charge in [-0.05, 0) is 23.3 Å². The van der Waals surface area contributed by atoms with E-state index in [1.54, 1.807) is 0 Å². The lowest BCUT2D eigenvalue weighted by Crippen LogP contribution is -2.07. The summed E-state index contributed by atoms with van der Waals surface area (Å²) in [6, 6.07) is 10.4. The Balaban J connectivity index is 1.39. The second kappa shape index (κ2) is 4.11. The number of hydrogen-bond donors (Lipinski definition) is 0. The first-order chi connectivity index (χ1) is 8.17. The Labute approximate surface area is 103 Å². The normalized spacial score (nSPS) is 33.4. The minimum absolute atomic E-state index is 0.267. The van der Waals surface area contributed by atoms with E-state index in [9.17, 15) is 0 Å². The first-order valence-corrected chi connectivity index (χ1v) is 6.45. The summed E-state index contributed by atoms with van der Waals surface area (Å²) in [5, 5.41) is 0. The lowest BCUT2D eigenvalue weighted by atomic mass is 10.1. The van der Waals surface area contributed by atoms with Crippen molar-refractivity contribution in [2.24, 2.45) is 11.3 Å². The van der Waals surface area contributed by atoms with Gasteiger partial charge in [0.25, 0.3) is 0 Å². The van der Waals surface area contributed by atoms with E-state index in [0.717, 1.165) is 19.1 Å². The van der Waals surface area contributed by atoms with Crippen molar-refractivity contribution in [1.29, 1.82) is 0 Å². The lowest BCUT2D eigenvalue weighted by molar-refractivity contribution is 0.101. The van der Waals surface area contributed by atoms with Crippen molar-refractivity contribution in [3.05, 3.63) is 35.9 Å². The zero-order valence-electron chi connectivity index (χ0n) is 10.6. The molecular formula is C15H20O2. The molecule has 1 aromatic rings. The molecule has 1 saturated heterocycles. The van der Waals surface area contributed by atoms with Crippen LogP contribution in [0.2, 0.25) is 0 Å².